The number of carbonyl (C=O) groups excluding carboxylic acids is 3. The van der Waals surface area contributed by atoms with E-state index in [1.165, 1.54) is 24.3 Å². The third-order valence-electron chi connectivity index (χ3n) is 8.78. The Morgan fingerprint density at radius 1 is 0.788 bits per heavy atom. The van der Waals surface area contributed by atoms with Crippen molar-refractivity contribution in [3.8, 4) is 11.5 Å². The van der Waals surface area contributed by atoms with Crippen LogP contribution in [0.1, 0.15) is 40.6 Å². The first-order valence-corrected chi connectivity index (χ1v) is 18.7. The Hall–Kier alpha value is -4.94. The van der Waals surface area contributed by atoms with Gasteiger partial charge < -0.3 is 19.3 Å². The topological polar surface area (TPSA) is 89.0 Å². The van der Waals surface area contributed by atoms with Crippen LogP contribution in [-0.2, 0) is 27.6 Å². The van der Waals surface area contributed by atoms with E-state index >= 15 is 0 Å². The number of halogens is 3. The average molecular weight is 789 g/mol. The molecule has 2 amide bonds. The summed E-state index contributed by atoms with van der Waals surface area (Å²) < 4.78 is 37.7. The van der Waals surface area contributed by atoms with Crippen LogP contribution in [0.25, 0.3) is 0 Å². The Morgan fingerprint density at radius 2 is 1.31 bits per heavy atom. The third kappa shape index (κ3) is 9.48. The molecule has 52 heavy (non-hydrogen) atoms. The molecule has 268 valence electrons. The lowest BCUT2D eigenvalue weighted by Gasteiger charge is -2.17. The zero-order valence-electron chi connectivity index (χ0n) is 28.3. The maximum Gasteiger partial charge on any atom is 0.227 e. The van der Waals surface area contributed by atoms with E-state index < -0.39 is 0 Å². The minimum atomic E-state index is -0.295. The molecule has 4 aromatic carbocycles. The van der Waals surface area contributed by atoms with Crippen molar-refractivity contribution in [1.29, 1.82) is 0 Å². The van der Waals surface area contributed by atoms with E-state index in [9.17, 15) is 23.2 Å². The van der Waals surface area contributed by atoms with Crippen molar-refractivity contribution in [2.75, 3.05) is 28.2 Å². The molecule has 5 aromatic rings. The van der Waals surface area contributed by atoms with Gasteiger partial charge in [0.05, 0.1) is 16.0 Å². The van der Waals surface area contributed by atoms with Gasteiger partial charge in [-0.3, -0.25) is 14.4 Å². The standard InChI is InChI=1S/C21H19FN2O2S.C19H17BrFNO3/c1-14-23-20(13-27-14)16-10-21(25)24(11-16)18-5-7-19(8-6-18)26-12-15-3-2-4-17(22)9-15;20-10-18(23)14-9-19(24)22(11-14)16-4-6-17(7-5-16)25-12-13-2-1-3-15(21)8-13/h2-9,13,16H,10-12H2,1H3;1-8,14H,9-12H2/t16-;14-/m11/s1. The highest BCUT2D eigenvalue weighted by atomic mass is 79.9. The normalized spacial score (nSPS) is 16.8. The van der Waals surface area contributed by atoms with Gasteiger partial charge >= 0.3 is 0 Å². The number of amides is 2. The van der Waals surface area contributed by atoms with Crippen molar-refractivity contribution in [2.45, 2.75) is 38.9 Å². The number of rotatable bonds is 11. The number of hydrogen-bond acceptors (Lipinski definition) is 7. The number of thiazole rings is 1. The molecule has 0 radical (unpaired) electrons. The van der Waals surface area contributed by atoms with E-state index in [4.69, 9.17) is 9.47 Å². The smallest absolute Gasteiger partial charge is 0.227 e. The Labute approximate surface area is 313 Å². The summed E-state index contributed by atoms with van der Waals surface area (Å²) in [7, 11) is 0. The summed E-state index contributed by atoms with van der Waals surface area (Å²) in [6, 6.07) is 27.1. The lowest BCUT2D eigenvalue weighted by atomic mass is 10.1. The number of hydrogen-bond donors (Lipinski definition) is 0. The predicted molar refractivity (Wildman–Crippen MR) is 200 cm³/mol. The van der Waals surface area contributed by atoms with E-state index in [1.54, 1.807) is 63.6 Å². The van der Waals surface area contributed by atoms with Crippen LogP contribution >= 0.6 is 27.3 Å². The van der Waals surface area contributed by atoms with Gasteiger partial charge in [0.25, 0.3) is 0 Å². The van der Waals surface area contributed by atoms with Gasteiger partial charge in [0.2, 0.25) is 11.8 Å². The van der Waals surface area contributed by atoms with Gasteiger partial charge in [-0.2, -0.15) is 0 Å². The highest BCUT2D eigenvalue weighted by molar-refractivity contribution is 9.09. The van der Waals surface area contributed by atoms with Crippen molar-refractivity contribution in [2.24, 2.45) is 5.92 Å². The molecule has 0 aliphatic carbocycles. The summed E-state index contributed by atoms with van der Waals surface area (Å²) in [5.74, 6) is 0.745. The number of nitrogens with zero attached hydrogens (tertiary/aromatic N) is 3. The summed E-state index contributed by atoms with van der Waals surface area (Å²) in [5.41, 5.74) is 4.12. The number of aryl methyl sites for hydroxylation is 1. The molecule has 1 aromatic heterocycles. The molecule has 2 saturated heterocycles. The minimum Gasteiger partial charge on any atom is -0.489 e. The molecule has 3 heterocycles. The second-order valence-corrected chi connectivity index (χ2v) is 14.2. The van der Waals surface area contributed by atoms with Crippen LogP contribution in [0.5, 0.6) is 11.5 Å². The van der Waals surface area contributed by atoms with E-state index in [1.807, 2.05) is 42.6 Å². The molecular weight excluding hydrogens is 752 g/mol. The molecule has 7 rings (SSSR count). The van der Waals surface area contributed by atoms with Gasteiger partial charge in [-0.1, -0.05) is 40.2 Å². The zero-order chi connectivity index (χ0) is 36.6. The lowest BCUT2D eigenvalue weighted by molar-refractivity contribution is -0.122. The van der Waals surface area contributed by atoms with Crippen molar-refractivity contribution in [3.63, 3.8) is 0 Å². The van der Waals surface area contributed by atoms with Crippen molar-refractivity contribution >= 4 is 56.2 Å². The molecule has 12 heteroatoms. The fourth-order valence-corrected chi connectivity index (χ4v) is 7.19. The SMILES string of the molecule is Cc1nc([C@@H]2CC(=O)N(c3ccc(OCc4cccc(F)c4)cc3)C2)cs1.O=C(CBr)[C@@H]1CC(=O)N(c2ccc(OCc3cccc(F)c3)cc2)C1. The molecule has 0 spiro atoms. The Balaban J connectivity index is 0.000000179. The number of anilines is 2. The van der Waals surface area contributed by atoms with E-state index in [-0.39, 0.29) is 59.4 Å². The van der Waals surface area contributed by atoms with Gasteiger partial charge in [-0.05, 0) is 90.8 Å². The highest BCUT2D eigenvalue weighted by Gasteiger charge is 2.35. The maximum absolute atomic E-state index is 13.2. The summed E-state index contributed by atoms with van der Waals surface area (Å²) in [6.07, 6.45) is 0.739. The molecule has 0 N–H and O–H groups in total. The zero-order valence-corrected chi connectivity index (χ0v) is 30.7. The van der Waals surface area contributed by atoms with Crippen LogP contribution < -0.4 is 19.3 Å². The van der Waals surface area contributed by atoms with Crippen LogP contribution in [0.15, 0.2) is 102 Å². The van der Waals surface area contributed by atoms with Crippen molar-refractivity contribution in [3.05, 3.63) is 136 Å². The van der Waals surface area contributed by atoms with Crippen molar-refractivity contribution < 1.29 is 32.6 Å². The quantitative estimate of drug-likeness (QED) is 0.125. The van der Waals surface area contributed by atoms with E-state index in [2.05, 4.69) is 20.9 Å². The molecular formula is C40H36BrF2N3O5S. The number of carbonyl (C=O) groups is 3. The number of alkyl halides is 1. The first-order valence-electron chi connectivity index (χ1n) is 16.7. The molecule has 8 nitrogen and oxygen atoms in total. The van der Waals surface area contributed by atoms with Gasteiger partial charge in [-0.15, -0.1) is 11.3 Å². The maximum atomic E-state index is 13.2. The Bertz CT molecular complexity index is 2020. The van der Waals surface area contributed by atoms with Gasteiger partial charge in [0.1, 0.15) is 42.1 Å². The fourth-order valence-electron chi connectivity index (χ4n) is 6.04. The van der Waals surface area contributed by atoms with Crippen LogP contribution in [-0.4, -0.2) is 41.0 Å². The summed E-state index contributed by atoms with van der Waals surface area (Å²) in [5, 5.41) is 3.34. The molecule has 0 saturated carbocycles. The largest absolute Gasteiger partial charge is 0.489 e. The summed E-state index contributed by atoms with van der Waals surface area (Å²) >= 11 is 4.77. The first-order chi connectivity index (χ1) is 25.1. The third-order valence-corrected chi connectivity index (χ3v) is 10.1. The second kappa shape index (κ2) is 17.1. The molecule has 0 unspecified atom stereocenters. The van der Waals surface area contributed by atoms with E-state index in [0.717, 1.165) is 33.2 Å². The Morgan fingerprint density at radius 3 is 1.79 bits per heavy atom. The summed E-state index contributed by atoms with van der Waals surface area (Å²) in [6.45, 7) is 3.59. The second-order valence-electron chi connectivity index (χ2n) is 12.5. The molecule has 0 bridgehead atoms. The first kappa shape index (κ1) is 36.8. The monoisotopic (exact) mass is 787 g/mol. The molecule has 2 aliphatic heterocycles. The number of benzene rings is 4. The number of Topliss-reactive ketones (excluding diaryl/α,β-unsaturated/α-hetero) is 1. The number of ketones is 1. The average Bonchev–Trinajstić information content (AvgIpc) is 3.88. The van der Waals surface area contributed by atoms with E-state index in [0.29, 0.717) is 37.6 Å². The predicted octanol–water partition coefficient (Wildman–Crippen LogP) is 8.41. The van der Waals surface area contributed by atoms with Gasteiger partial charge in [0.15, 0.2) is 0 Å². The van der Waals surface area contributed by atoms with Crippen LogP contribution in [0.3, 0.4) is 0 Å². The molecule has 2 aliphatic rings. The molecule has 2 fully saturated rings. The van der Waals surface area contributed by atoms with Crippen LogP contribution in [0, 0.1) is 24.5 Å². The van der Waals surface area contributed by atoms with Gasteiger partial charge in [0, 0.05) is 54.5 Å². The van der Waals surface area contributed by atoms with Crippen LogP contribution in [0.2, 0.25) is 0 Å². The molecule has 2 atom stereocenters. The fraction of sp³-hybridized carbons (Fsp3) is 0.250. The number of ether oxygens (including phenoxy) is 2. The Kier molecular flexibility index (Phi) is 12.1. The van der Waals surface area contributed by atoms with Gasteiger partial charge in [-0.25, -0.2) is 13.8 Å². The highest BCUT2D eigenvalue weighted by Crippen LogP contribution is 2.33. The lowest BCUT2D eigenvalue weighted by Crippen LogP contribution is -2.25. The van der Waals surface area contributed by atoms with Crippen LogP contribution in [0.4, 0.5) is 20.2 Å². The number of aromatic nitrogens is 1. The van der Waals surface area contributed by atoms with Crippen molar-refractivity contribution in [1.82, 2.24) is 4.98 Å². The summed E-state index contributed by atoms with van der Waals surface area (Å²) in [4.78, 5) is 44.3. The minimum absolute atomic E-state index is 0.0471.